The minimum absolute atomic E-state index is 0.826. The van der Waals surface area contributed by atoms with Crippen LogP contribution < -0.4 is 0 Å². The molecule has 0 N–H and O–H groups in total. The van der Waals surface area contributed by atoms with Gasteiger partial charge in [0, 0.05) is 16.3 Å². The summed E-state index contributed by atoms with van der Waals surface area (Å²) < 4.78 is 10.1. The van der Waals surface area contributed by atoms with E-state index in [4.69, 9.17) is 4.74 Å². The molecule has 0 unspecified atom stereocenters. The minimum atomic E-state index is 0.826. The topological polar surface area (TPSA) is 22.1 Å². The van der Waals surface area contributed by atoms with Crippen LogP contribution in [-0.2, 0) is 4.74 Å². The van der Waals surface area contributed by atoms with Crippen molar-refractivity contribution in [3.05, 3.63) is 35.2 Å². The lowest BCUT2D eigenvalue weighted by Gasteiger charge is -2.15. The van der Waals surface area contributed by atoms with E-state index in [0.29, 0.717) is 0 Å². The van der Waals surface area contributed by atoms with E-state index in [2.05, 4.69) is 34.0 Å². The number of benzene rings is 1. The summed E-state index contributed by atoms with van der Waals surface area (Å²) in [6, 6.07) is 6.23. The highest BCUT2D eigenvalue weighted by Crippen LogP contribution is 2.28. The molecule has 15 heavy (non-hydrogen) atoms. The van der Waals surface area contributed by atoms with Crippen LogP contribution in [0.2, 0.25) is 0 Å². The molecule has 1 aliphatic rings. The number of hydrogen-bond donors (Lipinski definition) is 0. The second kappa shape index (κ2) is 3.66. The summed E-state index contributed by atoms with van der Waals surface area (Å²) in [7, 11) is 0. The van der Waals surface area contributed by atoms with Crippen molar-refractivity contribution in [3.63, 3.8) is 0 Å². The van der Waals surface area contributed by atoms with Crippen LogP contribution in [0.5, 0.6) is 0 Å². The number of rotatable bonds is 1. The van der Waals surface area contributed by atoms with Crippen LogP contribution in [0.4, 0.5) is 0 Å². The zero-order valence-corrected chi connectivity index (χ0v) is 9.09. The third kappa shape index (κ3) is 1.53. The molecule has 0 spiro atoms. The average molecular weight is 217 g/mol. The predicted molar refractivity (Wildman–Crippen MR) is 62.8 cm³/mol. The van der Waals surface area contributed by atoms with E-state index < -0.39 is 0 Å². The molecule has 0 atom stereocenters. The molecular weight excluding hydrogens is 206 g/mol. The van der Waals surface area contributed by atoms with Crippen LogP contribution in [-0.4, -0.2) is 11.0 Å². The number of ether oxygens (including phenoxy) is 1. The molecule has 2 heterocycles. The summed E-state index contributed by atoms with van der Waals surface area (Å²) in [5.74, 6) is 0.998. The Labute approximate surface area is 92.4 Å². The van der Waals surface area contributed by atoms with Gasteiger partial charge in [0.25, 0.3) is 0 Å². The molecule has 1 aromatic heterocycles. The van der Waals surface area contributed by atoms with Crippen LogP contribution in [0.15, 0.2) is 29.7 Å². The Morgan fingerprint density at radius 3 is 3.20 bits per heavy atom. The van der Waals surface area contributed by atoms with Gasteiger partial charge in [0.05, 0.1) is 12.1 Å². The Bertz CT molecular complexity index is 515. The number of aromatic nitrogens is 1. The normalized spacial score (nSPS) is 16.1. The van der Waals surface area contributed by atoms with E-state index in [1.165, 1.54) is 16.9 Å². The van der Waals surface area contributed by atoms with Crippen LogP contribution in [0.1, 0.15) is 18.4 Å². The summed E-state index contributed by atoms with van der Waals surface area (Å²) in [4.78, 5) is 0. The number of hydrogen-bond acceptors (Lipinski definition) is 3. The Balaban J connectivity index is 2.17. The molecule has 2 nitrogen and oxygen atoms in total. The Hall–Kier alpha value is -1.35. The van der Waals surface area contributed by atoms with E-state index in [9.17, 15) is 0 Å². The van der Waals surface area contributed by atoms with E-state index in [1.807, 2.05) is 0 Å². The highest BCUT2D eigenvalue weighted by atomic mass is 32.1. The maximum atomic E-state index is 5.67. The van der Waals surface area contributed by atoms with Crippen molar-refractivity contribution in [3.8, 4) is 0 Å². The van der Waals surface area contributed by atoms with Gasteiger partial charge in [0.1, 0.15) is 5.76 Å². The summed E-state index contributed by atoms with van der Waals surface area (Å²) in [6.45, 7) is 0.826. The van der Waals surface area contributed by atoms with Crippen LogP contribution in [0.25, 0.3) is 16.7 Å². The molecule has 2 aromatic rings. The van der Waals surface area contributed by atoms with Crippen molar-refractivity contribution in [1.82, 2.24) is 4.37 Å². The lowest BCUT2D eigenvalue weighted by molar-refractivity contribution is 0.259. The van der Waals surface area contributed by atoms with Crippen molar-refractivity contribution < 1.29 is 4.74 Å². The quantitative estimate of drug-likeness (QED) is 0.730. The number of allylic oxidation sites excluding steroid dienone is 1. The van der Waals surface area contributed by atoms with Crippen molar-refractivity contribution in [2.24, 2.45) is 0 Å². The fourth-order valence-electron chi connectivity index (χ4n) is 1.84. The first-order chi connectivity index (χ1) is 7.45. The van der Waals surface area contributed by atoms with E-state index in [1.54, 1.807) is 0 Å². The summed E-state index contributed by atoms with van der Waals surface area (Å²) in [5, 5.41) is 3.27. The SMILES string of the molecule is C1=C(c2cccc3csnc23)OCCC1. The van der Waals surface area contributed by atoms with E-state index in [0.717, 1.165) is 36.3 Å². The molecule has 0 fully saturated rings. The van der Waals surface area contributed by atoms with Gasteiger partial charge >= 0.3 is 0 Å². The number of nitrogens with zero attached hydrogens (tertiary/aromatic N) is 1. The van der Waals surface area contributed by atoms with Crippen molar-refractivity contribution >= 4 is 28.2 Å². The van der Waals surface area contributed by atoms with Gasteiger partial charge in [-0.25, -0.2) is 0 Å². The highest BCUT2D eigenvalue weighted by Gasteiger charge is 2.11. The van der Waals surface area contributed by atoms with Gasteiger partial charge in [-0.2, -0.15) is 4.37 Å². The molecule has 0 radical (unpaired) electrons. The summed E-state index contributed by atoms with van der Waals surface area (Å²) >= 11 is 1.50. The Morgan fingerprint density at radius 2 is 2.33 bits per heavy atom. The number of fused-ring (bicyclic) bond motifs is 1. The minimum Gasteiger partial charge on any atom is -0.493 e. The standard InChI is InChI=1S/C12H11NOS/c1-2-7-14-11(6-1)10-5-3-4-9-8-15-13-12(9)10/h3-6,8H,1-2,7H2. The zero-order chi connectivity index (χ0) is 10.1. The van der Waals surface area contributed by atoms with Crippen LogP contribution in [0.3, 0.4) is 0 Å². The zero-order valence-electron chi connectivity index (χ0n) is 8.27. The average Bonchev–Trinajstić information content (AvgIpc) is 2.78. The van der Waals surface area contributed by atoms with Crippen LogP contribution >= 0.6 is 11.5 Å². The monoisotopic (exact) mass is 217 g/mol. The fraction of sp³-hybridized carbons (Fsp3) is 0.250. The molecule has 0 saturated carbocycles. The van der Waals surface area contributed by atoms with Crippen LogP contribution in [0, 0.1) is 0 Å². The molecule has 3 heteroatoms. The van der Waals surface area contributed by atoms with Gasteiger partial charge in [-0.3, -0.25) is 0 Å². The first-order valence-corrected chi connectivity index (χ1v) is 5.95. The largest absolute Gasteiger partial charge is 0.493 e. The lowest BCUT2D eigenvalue weighted by Crippen LogP contribution is -2.00. The van der Waals surface area contributed by atoms with Gasteiger partial charge in [-0.1, -0.05) is 12.1 Å². The van der Waals surface area contributed by atoms with Gasteiger partial charge in [0.15, 0.2) is 0 Å². The Kier molecular flexibility index (Phi) is 2.18. The predicted octanol–water partition coefficient (Wildman–Crippen LogP) is 3.45. The maximum Gasteiger partial charge on any atom is 0.124 e. The summed E-state index contributed by atoms with van der Waals surface area (Å²) in [5.41, 5.74) is 2.20. The smallest absolute Gasteiger partial charge is 0.124 e. The molecule has 76 valence electrons. The highest BCUT2D eigenvalue weighted by molar-refractivity contribution is 7.04. The molecule has 0 aliphatic carbocycles. The van der Waals surface area contributed by atoms with Gasteiger partial charge < -0.3 is 4.74 Å². The van der Waals surface area contributed by atoms with Crippen molar-refractivity contribution in [2.75, 3.05) is 6.61 Å². The first kappa shape index (κ1) is 8.92. The molecule has 3 rings (SSSR count). The molecule has 0 saturated heterocycles. The van der Waals surface area contributed by atoms with Crippen molar-refractivity contribution in [1.29, 1.82) is 0 Å². The van der Waals surface area contributed by atoms with Gasteiger partial charge in [-0.15, -0.1) is 0 Å². The molecular formula is C12H11NOS. The third-order valence-corrected chi connectivity index (χ3v) is 3.24. The third-order valence-electron chi connectivity index (χ3n) is 2.59. The molecule has 1 aliphatic heterocycles. The van der Waals surface area contributed by atoms with Crippen molar-refractivity contribution in [2.45, 2.75) is 12.8 Å². The fourth-order valence-corrected chi connectivity index (χ4v) is 2.50. The van der Waals surface area contributed by atoms with E-state index in [-0.39, 0.29) is 0 Å². The second-order valence-electron chi connectivity index (χ2n) is 3.62. The molecule has 1 aromatic carbocycles. The summed E-state index contributed by atoms with van der Waals surface area (Å²) in [6.07, 6.45) is 4.39. The van der Waals surface area contributed by atoms with Gasteiger partial charge in [-0.05, 0) is 36.5 Å². The Morgan fingerprint density at radius 1 is 1.33 bits per heavy atom. The lowest BCUT2D eigenvalue weighted by atomic mass is 10.1. The first-order valence-electron chi connectivity index (χ1n) is 5.11. The van der Waals surface area contributed by atoms with Gasteiger partial charge in [0.2, 0.25) is 0 Å². The molecule has 0 bridgehead atoms. The van der Waals surface area contributed by atoms with E-state index >= 15 is 0 Å². The molecule has 0 amide bonds. The maximum absolute atomic E-state index is 5.67. The second-order valence-corrected chi connectivity index (χ2v) is 4.25.